The maximum Gasteiger partial charge on any atom is 0.318 e. The molecule has 2 amide bonds. The summed E-state index contributed by atoms with van der Waals surface area (Å²) in [6.07, 6.45) is 6.70. The van der Waals surface area contributed by atoms with Gasteiger partial charge in [0.15, 0.2) is 0 Å². The van der Waals surface area contributed by atoms with Gasteiger partial charge in [-0.25, -0.2) is 4.79 Å². The van der Waals surface area contributed by atoms with E-state index in [1.165, 1.54) is 0 Å². The zero-order valence-electron chi connectivity index (χ0n) is 15.9. The molecule has 140 valence electrons. The quantitative estimate of drug-likeness (QED) is 0.882. The number of urea groups is 1. The predicted molar refractivity (Wildman–Crippen MR) is 97.1 cm³/mol. The fourth-order valence-corrected chi connectivity index (χ4v) is 4.70. The van der Waals surface area contributed by atoms with E-state index in [1.54, 1.807) is 4.68 Å². The summed E-state index contributed by atoms with van der Waals surface area (Å²) in [6.45, 7) is 7.01. The second-order valence-corrected chi connectivity index (χ2v) is 8.07. The SMILES string of the molecule is Cc1nn(C)cc1C(C)NC(=O)N1CCCC1C1CC(C)CCC1O. The summed E-state index contributed by atoms with van der Waals surface area (Å²) in [5, 5.41) is 18.0. The van der Waals surface area contributed by atoms with Crippen LogP contribution in [0.2, 0.25) is 0 Å². The smallest absolute Gasteiger partial charge is 0.318 e. The Morgan fingerprint density at radius 3 is 2.84 bits per heavy atom. The zero-order valence-corrected chi connectivity index (χ0v) is 15.9. The van der Waals surface area contributed by atoms with Gasteiger partial charge in [0.1, 0.15) is 0 Å². The van der Waals surface area contributed by atoms with E-state index in [4.69, 9.17) is 0 Å². The Morgan fingerprint density at radius 1 is 1.40 bits per heavy atom. The third-order valence-corrected chi connectivity index (χ3v) is 6.04. The number of aryl methyl sites for hydroxylation is 2. The number of likely N-dealkylation sites (tertiary alicyclic amines) is 1. The molecule has 5 atom stereocenters. The first-order valence-electron chi connectivity index (χ1n) is 9.62. The summed E-state index contributed by atoms with van der Waals surface area (Å²) in [4.78, 5) is 14.9. The normalized spacial score (nSPS) is 31.2. The molecule has 25 heavy (non-hydrogen) atoms. The molecule has 1 aromatic rings. The van der Waals surface area contributed by atoms with Crippen molar-refractivity contribution in [3.63, 3.8) is 0 Å². The van der Waals surface area contributed by atoms with Gasteiger partial charge in [-0.3, -0.25) is 4.68 Å². The number of nitrogens with zero attached hydrogens (tertiary/aromatic N) is 3. The van der Waals surface area contributed by atoms with Gasteiger partial charge in [-0.1, -0.05) is 6.92 Å². The topological polar surface area (TPSA) is 70.4 Å². The maximum absolute atomic E-state index is 12.9. The van der Waals surface area contributed by atoms with Crippen molar-refractivity contribution >= 4 is 6.03 Å². The first kappa shape index (κ1) is 18.2. The molecule has 1 aliphatic heterocycles. The molecule has 6 heteroatoms. The molecular weight excluding hydrogens is 316 g/mol. The van der Waals surface area contributed by atoms with Crippen molar-refractivity contribution in [1.29, 1.82) is 0 Å². The van der Waals surface area contributed by atoms with E-state index in [2.05, 4.69) is 17.3 Å². The van der Waals surface area contributed by atoms with Crippen molar-refractivity contribution in [2.45, 2.75) is 71.1 Å². The minimum absolute atomic E-state index is 0.0105. The van der Waals surface area contributed by atoms with Crippen molar-refractivity contribution in [1.82, 2.24) is 20.0 Å². The highest BCUT2D eigenvalue weighted by atomic mass is 16.3. The molecule has 0 spiro atoms. The Balaban J connectivity index is 1.67. The highest BCUT2D eigenvalue weighted by molar-refractivity contribution is 5.75. The molecule has 3 rings (SSSR count). The van der Waals surface area contributed by atoms with Crippen LogP contribution in [0.1, 0.15) is 63.3 Å². The van der Waals surface area contributed by atoms with Crippen LogP contribution in [0, 0.1) is 18.8 Å². The number of aromatic nitrogens is 2. The van der Waals surface area contributed by atoms with Crippen LogP contribution < -0.4 is 5.32 Å². The van der Waals surface area contributed by atoms with E-state index in [0.29, 0.717) is 5.92 Å². The summed E-state index contributed by atoms with van der Waals surface area (Å²) in [7, 11) is 1.90. The molecule has 2 aliphatic rings. The minimum Gasteiger partial charge on any atom is -0.393 e. The summed E-state index contributed by atoms with van der Waals surface area (Å²) in [6, 6.07) is 0.0845. The lowest BCUT2D eigenvalue weighted by Gasteiger charge is -2.39. The Kier molecular flexibility index (Phi) is 5.37. The molecule has 5 unspecified atom stereocenters. The van der Waals surface area contributed by atoms with E-state index in [1.807, 2.05) is 32.0 Å². The minimum atomic E-state index is -0.271. The van der Waals surface area contributed by atoms with Gasteiger partial charge in [-0.15, -0.1) is 0 Å². The lowest BCUT2D eigenvalue weighted by Crippen LogP contribution is -2.50. The van der Waals surface area contributed by atoms with E-state index < -0.39 is 0 Å². The first-order chi connectivity index (χ1) is 11.9. The first-order valence-corrected chi connectivity index (χ1v) is 9.62. The Labute approximate surface area is 150 Å². The lowest BCUT2D eigenvalue weighted by atomic mass is 9.76. The van der Waals surface area contributed by atoms with E-state index in [-0.39, 0.29) is 30.1 Å². The number of carbonyl (C=O) groups excluding carboxylic acids is 1. The van der Waals surface area contributed by atoms with Crippen LogP contribution in [0.4, 0.5) is 4.79 Å². The zero-order chi connectivity index (χ0) is 18.1. The second kappa shape index (κ2) is 7.36. The van der Waals surface area contributed by atoms with Crippen LogP contribution in [0.25, 0.3) is 0 Å². The number of hydrogen-bond donors (Lipinski definition) is 2. The van der Waals surface area contributed by atoms with Crippen molar-refractivity contribution < 1.29 is 9.90 Å². The van der Waals surface area contributed by atoms with Crippen LogP contribution in [0.5, 0.6) is 0 Å². The Morgan fingerprint density at radius 2 is 2.16 bits per heavy atom. The van der Waals surface area contributed by atoms with Crippen LogP contribution in [-0.2, 0) is 7.05 Å². The van der Waals surface area contributed by atoms with Gasteiger partial charge >= 0.3 is 6.03 Å². The number of aliphatic hydroxyl groups excluding tert-OH is 1. The number of hydrogen-bond acceptors (Lipinski definition) is 3. The average molecular weight is 348 g/mol. The van der Waals surface area contributed by atoms with Gasteiger partial charge < -0.3 is 15.3 Å². The molecule has 0 aromatic carbocycles. The molecule has 2 N–H and O–H groups in total. The number of nitrogens with one attached hydrogen (secondary N) is 1. The monoisotopic (exact) mass is 348 g/mol. The van der Waals surface area contributed by atoms with Crippen molar-refractivity contribution in [3.05, 3.63) is 17.5 Å². The number of aliphatic hydroxyl groups is 1. The van der Waals surface area contributed by atoms with Gasteiger partial charge in [0.25, 0.3) is 0 Å². The lowest BCUT2D eigenvalue weighted by molar-refractivity contribution is 0.0151. The highest BCUT2D eigenvalue weighted by Crippen LogP contribution is 2.37. The molecule has 1 saturated heterocycles. The van der Waals surface area contributed by atoms with Gasteiger partial charge in [0, 0.05) is 37.3 Å². The van der Waals surface area contributed by atoms with E-state index in [9.17, 15) is 9.90 Å². The standard InChI is InChI=1S/C19H32N4O2/c1-12-7-8-18(24)15(10-12)17-6-5-9-23(17)19(25)20-13(2)16-11-22(4)21-14(16)3/h11-13,15,17-18,24H,5-10H2,1-4H3,(H,20,25). The highest BCUT2D eigenvalue weighted by Gasteiger charge is 2.40. The van der Waals surface area contributed by atoms with Gasteiger partial charge in [0.05, 0.1) is 17.8 Å². The molecular formula is C19H32N4O2. The summed E-state index contributed by atoms with van der Waals surface area (Å²) >= 11 is 0. The number of amides is 2. The summed E-state index contributed by atoms with van der Waals surface area (Å²) in [5.74, 6) is 0.850. The van der Waals surface area contributed by atoms with Gasteiger partial charge in [0.2, 0.25) is 0 Å². The Bertz CT molecular complexity index is 615. The van der Waals surface area contributed by atoms with Crippen LogP contribution >= 0.6 is 0 Å². The van der Waals surface area contributed by atoms with Crippen LogP contribution in [0.3, 0.4) is 0 Å². The fourth-order valence-electron chi connectivity index (χ4n) is 4.70. The Hall–Kier alpha value is -1.56. The van der Waals surface area contributed by atoms with Gasteiger partial charge in [-0.05, 0) is 51.9 Å². The molecule has 1 aliphatic carbocycles. The van der Waals surface area contributed by atoms with Crippen molar-refractivity contribution in [2.75, 3.05) is 6.54 Å². The second-order valence-electron chi connectivity index (χ2n) is 8.07. The predicted octanol–water partition coefficient (Wildman–Crippen LogP) is 2.76. The largest absolute Gasteiger partial charge is 0.393 e. The van der Waals surface area contributed by atoms with Crippen LogP contribution in [-0.4, -0.2) is 44.5 Å². The third-order valence-electron chi connectivity index (χ3n) is 6.04. The molecule has 6 nitrogen and oxygen atoms in total. The summed E-state index contributed by atoms with van der Waals surface area (Å²) in [5.41, 5.74) is 2.00. The molecule has 1 saturated carbocycles. The molecule has 2 fully saturated rings. The van der Waals surface area contributed by atoms with E-state index in [0.717, 1.165) is 49.9 Å². The number of rotatable bonds is 3. The average Bonchev–Trinajstić information content (AvgIpc) is 3.16. The van der Waals surface area contributed by atoms with Crippen molar-refractivity contribution in [3.8, 4) is 0 Å². The number of carbonyl (C=O) groups is 1. The third kappa shape index (κ3) is 3.84. The van der Waals surface area contributed by atoms with Crippen molar-refractivity contribution in [2.24, 2.45) is 18.9 Å². The molecule has 2 heterocycles. The fraction of sp³-hybridized carbons (Fsp3) is 0.789. The molecule has 1 aromatic heterocycles. The molecule has 0 radical (unpaired) electrons. The van der Waals surface area contributed by atoms with Gasteiger partial charge in [-0.2, -0.15) is 5.10 Å². The maximum atomic E-state index is 12.9. The summed E-state index contributed by atoms with van der Waals surface area (Å²) < 4.78 is 1.78. The molecule has 0 bridgehead atoms. The van der Waals surface area contributed by atoms with Crippen LogP contribution in [0.15, 0.2) is 6.20 Å². The van der Waals surface area contributed by atoms with E-state index >= 15 is 0 Å².